The standard InChI is InChI=1S/C7H13NO5S/c1-14(12,13)4-7(11)8-2-5(9)6(10)3-8/h5-6,9-10H,2-4H2,1H3/t5-,6+. The van der Waals surface area contributed by atoms with Crippen LogP contribution in [0.1, 0.15) is 0 Å². The summed E-state index contributed by atoms with van der Waals surface area (Å²) >= 11 is 0. The van der Waals surface area contributed by atoms with Crippen molar-refractivity contribution in [3.63, 3.8) is 0 Å². The van der Waals surface area contributed by atoms with Gasteiger partial charge in [0.25, 0.3) is 0 Å². The molecule has 1 heterocycles. The second-order valence-corrected chi connectivity index (χ2v) is 5.64. The molecule has 7 heteroatoms. The van der Waals surface area contributed by atoms with Crippen molar-refractivity contribution in [1.82, 2.24) is 4.90 Å². The van der Waals surface area contributed by atoms with Crippen molar-refractivity contribution in [1.29, 1.82) is 0 Å². The molecule has 6 nitrogen and oxygen atoms in total. The second kappa shape index (κ2) is 3.84. The molecule has 14 heavy (non-hydrogen) atoms. The molecule has 0 unspecified atom stereocenters. The van der Waals surface area contributed by atoms with Gasteiger partial charge in [-0.1, -0.05) is 0 Å². The number of carbonyl (C=O) groups is 1. The maximum atomic E-state index is 11.3. The summed E-state index contributed by atoms with van der Waals surface area (Å²) < 4.78 is 21.6. The summed E-state index contributed by atoms with van der Waals surface area (Å²) in [6, 6.07) is 0. The monoisotopic (exact) mass is 223 g/mol. The number of hydrogen-bond acceptors (Lipinski definition) is 5. The normalized spacial score (nSPS) is 28.1. The van der Waals surface area contributed by atoms with E-state index in [1.54, 1.807) is 0 Å². The fourth-order valence-corrected chi connectivity index (χ4v) is 1.92. The van der Waals surface area contributed by atoms with Crippen molar-refractivity contribution < 1.29 is 23.4 Å². The Morgan fingerprint density at radius 3 is 2.14 bits per heavy atom. The Labute approximate surface area is 82.1 Å². The summed E-state index contributed by atoms with van der Waals surface area (Å²) in [5, 5.41) is 18.2. The van der Waals surface area contributed by atoms with E-state index in [-0.39, 0.29) is 13.1 Å². The number of aliphatic hydroxyl groups is 2. The van der Waals surface area contributed by atoms with Crippen molar-refractivity contribution in [2.24, 2.45) is 0 Å². The van der Waals surface area contributed by atoms with Gasteiger partial charge >= 0.3 is 0 Å². The quantitative estimate of drug-likeness (QED) is 0.544. The van der Waals surface area contributed by atoms with E-state index in [1.807, 2.05) is 0 Å². The topological polar surface area (TPSA) is 94.9 Å². The van der Waals surface area contributed by atoms with Gasteiger partial charge in [-0.3, -0.25) is 4.79 Å². The molecule has 2 atom stereocenters. The van der Waals surface area contributed by atoms with E-state index < -0.39 is 33.7 Å². The molecule has 1 aliphatic rings. The van der Waals surface area contributed by atoms with Gasteiger partial charge in [-0.05, 0) is 0 Å². The van der Waals surface area contributed by atoms with Crippen LogP contribution >= 0.6 is 0 Å². The Bertz CT molecular complexity index is 315. The van der Waals surface area contributed by atoms with E-state index in [1.165, 1.54) is 0 Å². The molecule has 2 N–H and O–H groups in total. The van der Waals surface area contributed by atoms with Crippen LogP contribution in [0.5, 0.6) is 0 Å². The highest BCUT2D eigenvalue weighted by Crippen LogP contribution is 2.10. The van der Waals surface area contributed by atoms with Crippen LogP contribution in [0.2, 0.25) is 0 Å². The Hall–Kier alpha value is -0.660. The molecule has 0 bridgehead atoms. The van der Waals surface area contributed by atoms with Crippen LogP contribution in [0.4, 0.5) is 0 Å². The number of rotatable bonds is 2. The summed E-state index contributed by atoms with van der Waals surface area (Å²) in [6.07, 6.45) is -0.981. The third-order valence-corrected chi connectivity index (χ3v) is 2.77. The van der Waals surface area contributed by atoms with Crippen LogP contribution in [-0.2, 0) is 14.6 Å². The van der Waals surface area contributed by atoms with Crippen LogP contribution in [0.3, 0.4) is 0 Å². The third kappa shape index (κ3) is 2.93. The average molecular weight is 223 g/mol. The maximum absolute atomic E-state index is 11.3. The van der Waals surface area contributed by atoms with E-state index >= 15 is 0 Å². The predicted molar refractivity (Wildman–Crippen MR) is 48.3 cm³/mol. The SMILES string of the molecule is CS(=O)(=O)CC(=O)N1C[C@@H](O)[C@@H](O)C1. The average Bonchev–Trinajstić information content (AvgIpc) is 2.28. The Kier molecular flexibility index (Phi) is 3.13. The number of likely N-dealkylation sites (tertiary alicyclic amines) is 1. The van der Waals surface area contributed by atoms with Gasteiger partial charge in [-0.25, -0.2) is 8.42 Å². The molecule has 0 radical (unpaired) electrons. The van der Waals surface area contributed by atoms with Crippen molar-refractivity contribution in [3.05, 3.63) is 0 Å². The fraction of sp³-hybridized carbons (Fsp3) is 0.857. The van der Waals surface area contributed by atoms with E-state index in [4.69, 9.17) is 10.2 Å². The van der Waals surface area contributed by atoms with Crippen LogP contribution in [0.25, 0.3) is 0 Å². The van der Waals surface area contributed by atoms with E-state index in [2.05, 4.69) is 0 Å². The Morgan fingerprint density at radius 1 is 1.36 bits per heavy atom. The lowest BCUT2D eigenvalue weighted by molar-refractivity contribution is -0.127. The molecule has 0 spiro atoms. The summed E-state index contributed by atoms with van der Waals surface area (Å²) in [7, 11) is -3.35. The van der Waals surface area contributed by atoms with Crippen molar-refractivity contribution in [3.8, 4) is 0 Å². The number of aliphatic hydroxyl groups excluding tert-OH is 2. The lowest BCUT2D eigenvalue weighted by Gasteiger charge is -2.14. The van der Waals surface area contributed by atoms with Crippen LogP contribution < -0.4 is 0 Å². The minimum Gasteiger partial charge on any atom is -0.388 e. The molecular weight excluding hydrogens is 210 g/mol. The first-order chi connectivity index (χ1) is 6.29. The third-order valence-electron chi connectivity index (χ3n) is 2.00. The zero-order chi connectivity index (χ0) is 10.9. The summed E-state index contributed by atoms with van der Waals surface area (Å²) in [6.45, 7) is -0.00889. The van der Waals surface area contributed by atoms with Gasteiger partial charge in [-0.2, -0.15) is 0 Å². The molecule has 1 fully saturated rings. The van der Waals surface area contributed by atoms with E-state index in [0.29, 0.717) is 0 Å². The smallest absolute Gasteiger partial charge is 0.237 e. The first-order valence-corrected chi connectivity index (χ1v) is 6.17. The molecule has 82 valence electrons. The van der Waals surface area contributed by atoms with E-state index in [0.717, 1.165) is 11.2 Å². The van der Waals surface area contributed by atoms with Gasteiger partial charge < -0.3 is 15.1 Å². The Morgan fingerprint density at radius 2 is 1.79 bits per heavy atom. The minimum atomic E-state index is -3.35. The predicted octanol–water partition coefficient (Wildman–Crippen LogP) is -2.40. The first kappa shape index (κ1) is 11.4. The molecule has 1 amide bonds. The fourth-order valence-electron chi connectivity index (χ4n) is 1.29. The van der Waals surface area contributed by atoms with Gasteiger partial charge in [0.15, 0.2) is 9.84 Å². The second-order valence-electron chi connectivity index (χ2n) is 3.50. The zero-order valence-corrected chi connectivity index (χ0v) is 8.57. The van der Waals surface area contributed by atoms with Gasteiger partial charge in [-0.15, -0.1) is 0 Å². The molecule has 0 aromatic carbocycles. The zero-order valence-electron chi connectivity index (χ0n) is 7.75. The van der Waals surface area contributed by atoms with Crippen LogP contribution in [-0.4, -0.2) is 66.7 Å². The highest BCUT2D eigenvalue weighted by molar-refractivity contribution is 7.91. The molecule has 0 aromatic heterocycles. The number of hydrogen-bond donors (Lipinski definition) is 2. The molecular formula is C7H13NO5S. The van der Waals surface area contributed by atoms with Crippen LogP contribution in [0.15, 0.2) is 0 Å². The number of nitrogens with zero attached hydrogens (tertiary/aromatic N) is 1. The van der Waals surface area contributed by atoms with Crippen molar-refractivity contribution in [2.75, 3.05) is 25.1 Å². The van der Waals surface area contributed by atoms with Gasteiger partial charge in [0, 0.05) is 19.3 Å². The minimum absolute atomic E-state index is 0.00444. The molecule has 0 saturated carbocycles. The molecule has 1 saturated heterocycles. The van der Waals surface area contributed by atoms with Gasteiger partial charge in [0.05, 0.1) is 12.2 Å². The molecule has 1 rings (SSSR count). The number of amides is 1. The maximum Gasteiger partial charge on any atom is 0.237 e. The lowest BCUT2D eigenvalue weighted by Crippen LogP contribution is -2.34. The molecule has 0 aliphatic carbocycles. The Balaban J connectivity index is 2.56. The highest BCUT2D eigenvalue weighted by atomic mass is 32.2. The summed E-state index contributed by atoms with van der Waals surface area (Å²) in [5.41, 5.74) is 0. The van der Waals surface area contributed by atoms with Crippen LogP contribution in [0, 0.1) is 0 Å². The first-order valence-electron chi connectivity index (χ1n) is 4.11. The highest BCUT2D eigenvalue weighted by Gasteiger charge is 2.33. The van der Waals surface area contributed by atoms with Gasteiger partial charge in [0.1, 0.15) is 5.75 Å². The molecule has 0 aromatic rings. The summed E-state index contributed by atoms with van der Waals surface area (Å²) in [4.78, 5) is 12.4. The van der Waals surface area contributed by atoms with Gasteiger partial charge in [0.2, 0.25) is 5.91 Å². The van der Waals surface area contributed by atoms with Crippen molar-refractivity contribution >= 4 is 15.7 Å². The number of β-amino-alcohol motifs (C(OH)–C–C–N with tert-alkyl or cyclic N) is 2. The van der Waals surface area contributed by atoms with E-state index in [9.17, 15) is 13.2 Å². The van der Waals surface area contributed by atoms with Crippen molar-refractivity contribution in [2.45, 2.75) is 12.2 Å². The molecule has 1 aliphatic heterocycles. The lowest BCUT2D eigenvalue weighted by atomic mass is 10.3. The number of carbonyl (C=O) groups excluding carboxylic acids is 1. The number of sulfone groups is 1. The largest absolute Gasteiger partial charge is 0.388 e. The summed E-state index contributed by atoms with van der Waals surface area (Å²) in [5.74, 6) is -1.16.